The Hall–Kier alpha value is -3.21. The maximum Gasteiger partial charge on any atom is 0.272 e. The van der Waals surface area contributed by atoms with Crippen LogP contribution in [-0.2, 0) is 0 Å². The van der Waals surface area contributed by atoms with Crippen molar-refractivity contribution in [2.75, 3.05) is 7.11 Å². The third-order valence-corrected chi connectivity index (χ3v) is 3.87. The van der Waals surface area contributed by atoms with Crippen molar-refractivity contribution in [3.05, 3.63) is 89.5 Å². The second kappa shape index (κ2) is 7.57. The first-order chi connectivity index (χ1) is 12.2. The number of nitrogens with zero attached hydrogens (tertiary/aromatic N) is 2. The lowest BCUT2D eigenvalue weighted by molar-refractivity contribution is 0.0937. The molecule has 1 amide bonds. The van der Waals surface area contributed by atoms with Gasteiger partial charge in [0, 0.05) is 6.20 Å². The van der Waals surface area contributed by atoms with E-state index in [9.17, 15) is 4.79 Å². The molecule has 0 aliphatic rings. The number of hydrogen-bond donors (Lipinski definition) is 1. The maximum absolute atomic E-state index is 12.6. The van der Waals surface area contributed by atoms with E-state index < -0.39 is 0 Å². The van der Waals surface area contributed by atoms with E-state index in [4.69, 9.17) is 4.74 Å². The molecule has 0 radical (unpaired) electrons. The average Bonchev–Trinajstić information content (AvgIpc) is 2.67. The highest BCUT2D eigenvalue weighted by atomic mass is 16.5. The van der Waals surface area contributed by atoms with Crippen molar-refractivity contribution in [1.82, 2.24) is 15.3 Å². The number of benzene rings is 2. The van der Waals surface area contributed by atoms with Gasteiger partial charge in [-0.05, 0) is 30.2 Å². The third-order valence-electron chi connectivity index (χ3n) is 3.87. The van der Waals surface area contributed by atoms with Gasteiger partial charge in [-0.3, -0.25) is 9.78 Å². The van der Waals surface area contributed by atoms with Crippen molar-refractivity contribution >= 4 is 5.91 Å². The van der Waals surface area contributed by atoms with E-state index in [0.29, 0.717) is 5.69 Å². The smallest absolute Gasteiger partial charge is 0.272 e. The van der Waals surface area contributed by atoms with Crippen LogP contribution in [0.3, 0.4) is 0 Å². The minimum Gasteiger partial charge on any atom is -0.497 e. The lowest BCUT2D eigenvalue weighted by Gasteiger charge is -2.20. The van der Waals surface area contributed by atoms with Crippen molar-refractivity contribution in [3.8, 4) is 5.75 Å². The standard InChI is InChI=1S/C20H19N3O2/c1-14-12-22-18(13-21-14)20(24)23-19(15-6-4-3-5-7-15)16-8-10-17(25-2)11-9-16/h3-13,19H,1-2H3,(H,23,24)/t19-/m1/s1. The molecule has 1 atom stereocenters. The molecule has 0 saturated carbocycles. The number of aromatic nitrogens is 2. The largest absolute Gasteiger partial charge is 0.497 e. The topological polar surface area (TPSA) is 64.1 Å². The number of nitrogens with one attached hydrogen (secondary N) is 1. The van der Waals surface area contributed by atoms with Crippen LogP contribution in [0.25, 0.3) is 0 Å². The van der Waals surface area contributed by atoms with Crippen LogP contribution < -0.4 is 10.1 Å². The summed E-state index contributed by atoms with van der Waals surface area (Å²) < 4.78 is 5.21. The van der Waals surface area contributed by atoms with Crippen LogP contribution in [0.1, 0.15) is 33.4 Å². The molecular weight excluding hydrogens is 314 g/mol. The van der Waals surface area contributed by atoms with Gasteiger partial charge in [0.15, 0.2) is 0 Å². The predicted molar refractivity (Wildman–Crippen MR) is 95.5 cm³/mol. The summed E-state index contributed by atoms with van der Waals surface area (Å²) in [5.74, 6) is 0.503. The summed E-state index contributed by atoms with van der Waals surface area (Å²) in [6.45, 7) is 1.83. The number of hydrogen-bond acceptors (Lipinski definition) is 4. The molecule has 5 nitrogen and oxygen atoms in total. The van der Waals surface area contributed by atoms with E-state index in [1.165, 1.54) is 6.20 Å². The molecule has 2 aromatic carbocycles. The van der Waals surface area contributed by atoms with Gasteiger partial charge in [0.05, 0.1) is 25.0 Å². The number of carbonyl (C=O) groups excluding carboxylic acids is 1. The molecular formula is C20H19N3O2. The Morgan fingerprint density at radius 2 is 1.64 bits per heavy atom. The Morgan fingerprint density at radius 1 is 0.960 bits per heavy atom. The third kappa shape index (κ3) is 4.01. The van der Waals surface area contributed by atoms with E-state index in [2.05, 4.69) is 15.3 Å². The van der Waals surface area contributed by atoms with Gasteiger partial charge in [-0.25, -0.2) is 4.98 Å². The summed E-state index contributed by atoms with van der Waals surface area (Å²) in [7, 11) is 1.63. The Balaban J connectivity index is 1.90. The van der Waals surface area contributed by atoms with Crippen LogP contribution in [0.5, 0.6) is 5.75 Å². The Morgan fingerprint density at radius 3 is 2.24 bits per heavy atom. The van der Waals surface area contributed by atoms with Gasteiger partial charge in [0.1, 0.15) is 11.4 Å². The Bertz CT molecular complexity index is 831. The highest BCUT2D eigenvalue weighted by molar-refractivity contribution is 5.92. The van der Waals surface area contributed by atoms with Crippen molar-refractivity contribution in [3.63, 3.8) is 0 Å². The molecule has 0 saturated heterocycles. The lowest BCUT2D eigenvalue weighted by Crippen LogP contribution is -2.30. The van der Waals surface area contributed by atoms with E-state index >= 15 is 0 Å². The van der Waals surface area contributed by atoms with E-state index in [1.807, 2.05) is 61.5 Å². The molecule has 3 rings (SSSR count). The normalized spacial score (nSPS) is 11.6. The van der Waals surface area contributed by atoms with Crippen LogP contribution in [0.4, 0.5) is 0 Å². The van der Waals surface area contributed by atoms with Crippen LogP contribution in [0, 0.1) is 6.92 Å². The first kappa shape index (κ1) is 16.6. The summed E-state index contributed by atoms with van der Waals surface area (Å²) in [5.41, 5.74) is 3.01. The maximum atomic E-state index is 12.6. The molecule has 1 heterocycles. The minimum atomic E-state index is -0.289. The molecule has 0 fully saturated rings. The van der Waals surface area contributed by atoms with Gasteiger partial charge in [0.25, 0.3) is 5.91 Å². The molecule has 0 aliphatic carbocycles. The number of ether oxygens (including phenoxy) is 1. The monoisotopic (exact) mass is 333 g/mol. The summed E-state index contributed by atoms with van der Waals surface area (Å²) in [5, 5.41) is 3.04. The van der Waals surface area contributed by atoms with Crippen LogP contribution in [0.15, 0.2) is 67.0 Å². The van der Waals surface area contributed by atoms with Gasteiger partial charge in [-0.2, -0.15) is 0 Å². The summed E-state index contributed by atoms with van der Waals surface area (Å²) in [6, 6.07) is 17.2. The van der Waals surface area contributed by atoms with E-state index in [-0.39, 0.29) is 11.9 Å². The SMILES string of the molecule is COc1ccc([C@H](NC(=O)c2cnc(C)cn2)c2ccccc2)cc1. The zero-order valence-electron chi connectivity index (χ0n) is 14.1. The molecule has 1 aromatic heterocycles. The number of amides is 1. The number of methoxy groups -OCH3 is 1. The summed E-state index contributed by atoms with van der Waals surface area (Å²) in [4.78, 5) is 20.9. The van der Waals surface area contributed by atoms with Gasteiger partial charge in [-0.15, -0.1) is 0 Å². The fourth-order valence-corrected chi connectivity index (χ4v) is 2.52. The van der Waals surface area contributed by atoms with E-state index in [0.717, 1.165) is 22.6 Å². The fourth-order valence-electron chi connectivity index (χ4n) is 2.52. The number of rotatable bonds is 5. The molecule has 1 N–H and O–H groups in total. The highest BCUT2D eigenvalue weighted by Crippen LogP contribution is 2.24. The van der Waals surface area contributed by atoms with Gasteiger partial charge in [0.2, 0.25) is 0 Å². The second-order valence-electron chi connectivity index (χ2n) is 5.63. The molecule has 0 aliphatic heterocycles. The van der Waals surface area contributed by atoms with Crippen LogP contribution in [-0.4, -0.2) is 23.0 Å². The second-order valence-corrected chi connectivity index (χ2v) is 5.63. The molecule has 25 heavy (non-hydrogen) atoms. The predicted octanol–water partition coefficient (Wildman–Crippen LogP) is 3.31. The van der Waals surface area contributed by atoms with Gasteiger partial charge >= 0.3 is 0 Å². The summed E-state index contributed by atoms with van der Waals surface area (Å²) >= 11 is 0. The lowest BCUT2D eigenvalue weighted by atomic mass is 9.98. The van der Waals surface area contributed by atoms with Crippen LogP contribution in [0.2, 0.25) is 0 Å². The molecule has 3 aromatic rings. The summed E-state index contributed by atoms with van der Waals surface area (Å²) in [6.07, 6.45) is 3.07. The quantitative estimate of drug-likeness (QED) is 0.778. The number of aryl methyl sites for hydroxylation is 1. The van der Waals surface area contributed by atoms with Gasteiger partial charge < -0.3 is 10.1 Å². The Labute approximate surface area is 146 Å². The average molecular weight is 333 g/mol. The van der Waals surface area contributed by atoms with Crippen molar-refractivity contribution in [2.45, 2.75) is 13.0 Å². The van der Waals surface area contributed by atoms with Gasteiger partial charge in [-0.1, -0.05) is 42.5 Å². The van der Waals surface area contributed by atoms with Crippen molar-refractivity contribution in [1.29, 1.82) is 0 Å². The van der Waals surface area contributed by atoms with E-state index in [1.54, 1.807) is 13.3 Å². The minimum absolute atomic E-state index is 0.267. The highest BCUT2D eigenvalue weighted by Gasteiger charge is 2.18. The molecule has 5 heteroatoms. The fraction of sp³-hybridized carbons (Fsp3) is 0.150. The Kier molecular flexibility index (Phi) is 5.04. The molecule has 0 bridgehead atoms. The van der Waals surface area contributed by atoms with Crippen molar-refractivity contribution in [2.24, 2.45) is 0 Å². The van der Waals surface area contributed by atoms with Crippen molar-refractivity contribution < 1.29 is 9.53 Å². The zero-order valence-corrected chi connectivity index (χ0v) is 14.1. The molecule has 0 unspecified atom stereocenters. The molecule has 126 valence electrons. The molecule has 0 spiro atoms. The zero-order chi connectivity index (χ0) is 17.6. The first-order valence-corrected chi connectivity index (χ1v) is 7.96. The van der Waals surface area contributed by atoms with Crippen LogP contribution >= 0.6 is 0 Å². The number of carbonyl (C=O) groups is 1. The first-order valence-electron chi connectivity index (χ1n) is 7.96.